The van der Waals surface area contributed by atoms with Gasteiger partial charge in [-0.05, 0) is 0 Å². The van der Waals surface area contributed by atoms with Gasteiger partial charge in [0, 0.05) is 25.1 Å². The van der Waals surface area contributed by atoms with E-state index in [2.05, 4.69) is 10.6 Å². The molecule has 20 heavy (non-hydrogen) atoms. The van der Waals surface area contributed by atoms with E-state index in [4.69, 9.17) is 17.3 Å². The lowest BCUT2D eigenvalue weighted by molar-refractivity contribution is -0.384. The van der Waals surface area contributed by atoms with Crippen molar-refractivity contribution in [2.24, 2.45) is 0 Å². The summed E-state index contributed by atoms with van der Waals surface area (Å²) in [5.41, 5.74) is 5.22. The third-order valence-electron chi connectivity index (χ3n) is 2.88. The second-order valence-electron chi connectivity index (χ2n) is 4.32. The number of hydrogen-bond donors (Lipinski definition) is 3. The number of halogens is 1. The van der Waals surface area contributed by atoms with Crippen molar-refractivity contribution in [1.29, 1.82) is 0 Å². The molecule has 8 nitrogen and oxygen atoms in total. The third-order valence-corrected chi connectivity index (χ3v) is 3.20. The summed E-state index contributed by atoms with van der Waals surface area (Å²) in [6.45, 7) is 0.313. The van der Waals surface area contributed by atoms with Crippen LogP contribution in [-0.4, -0.2) is 29.3 Å². The number of nitrogens with one attached hydrogen (secondary N) is 2. The molecule has 1 aliphatic rings. The first-order valence-corrected chi connectivity index (χ1v) is 6.07. The fourth-order valence-electron chi connectivity index (χ4n) is 1.87. The van der Waals surface area contributed by atoms with Crippen molar-refractivity contribution < 1.29 is 14.5 Å². The molecule has 1 aliphatic heterocycles. The van der Waals surface area contributed by atoms with Gasteiger partial charge in [-0.15, -0.1) is 0 Å². The van der Waals surface area contributed by atoms with Crippen molar-refractivity contribution in [3.05, 3.63) is 32.8 Å². The SMILES string of the molecule is Nc1c(Cl)cc([N+](=O)[O-])cc1C(=O)NC1CNC(=O)C1. The molecule has 4 N–H and O–H groups in total. The summed E-state index contributed by atoms with van der Waals surface area (Å²) in [6, 6.07) is 1.77. The molecule has 0 saturated carbocycles. The van der Waals surface area contributed by atoms with E-state index in [1.54, 1.807) is 0 Å². The monoisotopic (exact) mass is 298 g/mol. The number of nitrogen functional groups attached to an aromatic ring is 1. The molecule has 0 radical (unpaired) electrons. The summed E-state index contributed by atoms with van der Waals surface area (Å²) in [5.74, 6) is -0.769. The summed E-state index contributed by atoms with van der Waals surface area (Å²) >= 11 is 5.77. The number of benzene rings is 1. The number of carbonyl (C=O) groups is 2. The van der Waals surface area contributed by atoms with Crippen LogP contribution < -0.4 is 16.4 Å². The van der Waals surface area contributed by atoms with E-state index < -0.39 is 10.8 Å². The van der Waals surface area contributed by atoms with Crippen molar-refractivity contribution >= 4 is 34.8 Å². The molecule has 1 aromatic carbocycles. The highest BCUT2D eigenvalue weighted by atomic mass is 35.5. The molecular formula is C11H11ClN4O4. The number of hydrogen-bond acceptors (Lipinski definition) is 5. The first-order valence-electron chi connectivity index (χ1n) is 5.69. The Hall–Kier alpha value is -2.35. The van der Waals surface area contributed by atoms with Crippen molar-refractivity contribution in [2.45, 2.75) is 12.5 Å². The number of nitro benzene ring substituents is 1. The predicted octanol–water partition coefficient (Wildman–Crippen LogP) is 0.449. The zero-order valence-corrected chi connectivity index (χ0v) is 10.9. The minimum atomic E-state index is -0.664. The van der Waals surface area contributed by atoms with Crippen LogP contribution in [0.4, 0.5) is 11.4 Å². The Bertz CT molecular complexity index is 604. The van der Waals surface area contributed by atoms with Crippen LogP contribution in [0.15, 0.2) is 12.1 Å². The molecule has 0 spiro atoms. The smallest absolute Gasteiger partial charge is 0.271 e. The van der Waals surface area contributed by atoms with Crippen LogP contribution in [0.2, 0.25) is 5.02 Å². The molecule has 0 aromatic heterocycles. The number of non-ortho nitro benzene ring substituents is 1. The lowest BCUT2D eigenvalue weighted by Gasteiger charge is -2.12. The standard InChI is InChI=1S/C11H11ClN4O4/c12-8-3-6(16(19)20)2-7(10(8)13)11(18)15-5-1-9(17)14-4-5/h2-3,5H,1,4,13H2,(H,14,17)(H,15,18). The van der Waals surface area contributed by atoms with Crippen molar-refractivity contribution in [1.82, 2.24) is 10.6 Å². The van der Waals surface area contributed by atoms with Gasteiger partial charge < -0.3 is 16.4 Å². The second-order valence-corrected chi connectivity index (χ2v) is 4.73. The Balaban J connectivity index is 2.24. The number of rotatable bonds is 3. The van der Waals surface area contributed by atoms with E-state index in [0.717, 1.165) is 12.1 Å². The van der Waals surface area contributed by atoms with Gasteiger partial charge in [-0.1, -0.05) is 11.6 Å². The van der Waals surface area contributed by atoms with Crippen molar-refractivity contribution in [3.63, 3.8) is 0 Å². The second kappa shape index (κ2) is 5.33. The van der Waals surface area contributed by atoms with E-state index in [9.17, 15) is 19.7 Å². The number of anilines is 1. The highest BCUT2D eigenvalue weighted by Crippen LogP contribution is 2.28. The number of nitrogens with two attached hydrogens (primary N) is 1. The molecule has 0 aliphatic carbocycles. The molecular weight excluding hydrogens is 288 g/mol. The lowest BCUT2D eigenvalue weighted by Crippen LogP contribution is -2.36. The third kappa shape index (κ3) is 2.80. The molecule has 2 rings (SSSR count). The van der Waals surface area contributed by atoms with Gasteiger partial charge in [0.25, 0.3) is 11.6 Å². The van der Waals surface area contributed by atoms with Crippen LogP contribution in [-0.2, 0) is 4.79 Å². The largest absolute Gasteiger partial charge is 0.397 e. The Labute approximate surface area is 118 Å². The zero-order valence-electron chi connectivity index (χ0n) is 10.2. The Kier molecular flexibility index (Phi) is 3.75. The first kappa shape index (κ1) is 14.1. The molecule has 1 heterocycles. The Morgan fingerprint density at radius 1 is 1.55 bits per heavy atom. The minimum absolute atomic E-state index is 0.0351. The maximum atomic E-state index is 12.0. The number of nitrogens with zero attached hydrogens (tertiary/aromatic N) is 1. The number of carbonyl (C=O) groups excluding carboxylic acids is 2. The highest BCUT2D eigenvalue weighted by Gasteiger charge is 2.25. The summed E-state index contributed by atoms with van der Waals surface area (Å²) in [7, 11) is 0. The molecule has 1 saturated heterocycles. The number of nitro groups is 1. The van der Waals surface area contributed by atoms with E-state index >= 15 is 0 Å². The quantitative estimate of drug-likeness (QED) is 0.424. The summed E-state index contributed by atoms with van der Waals surface area (Å²) in [6.07, 6.45) is 0.161. The van der Waals surface area contributed by atoms with E-state index in [0.29, 0.717) is 6.54 Å². The van der Waals surface area contributed by atoms with Gasteiger partial charge in [-0.25, -0.2) is 0 Å². The van der Waals surface area contributed by atoms with Gasteiger partial charge in [-0.2, -0.15) is 0 Å². The molecule has 2 amide bonds. The zero-order chi connectivity index (χ0) is 14.9. The van der Waals surface area contributed by atoms with Gasteiger partial charge in [0.05, 0.1) is 27.2 Å². The fourth-order valence-corrected chi connectivity index (χ4v) is 2.08. The summed E-state index contributed by atoms with van der Waals surface area (Å²) in [5, 5.41) is 15.8. The molecule has 1 atom stereocenters. The van der Waals surface area contributed by atoms with Crippen LogP contribution >= 0.6 is 11.6 Å². The van der Waals surface area contributed by atoms with Gasteiger partial charge in [-0.3, -0.25) is 19.7 Å². The summed E-state index contributed by atoms with van der Waals surface area (Å²) < 4.78 is 0. The maximum absolute atomic E-state index is 12.0. The van der Waals surface area contributed by atoms with Gasteiger partial charge in [0.2, 0.25) is 5.91 Å². The van der Waals surface area contributed by atoms with E-state index in [1.165, 1.54) is 0 Å². The van der Waals surface area contributed by atoms with Gasteiger partial charge in [0.1, 0.15) is 0 Å². The molecule has 106 valence electrons. The molecule has 1 unspecified atom stereocenters. The van der Waals surface area contributed by atoms with E-state index in [-0.39, 0.29) is 40.3 Å². The van der Waals surface area contributed by atoms with Crippen molar-refractivity contribution in [3.8, 4) is 0 Å². The lowest BCUT2D eigenvalue weighted by atomic mass is 10.1. The maximum Gasteiger partial charge on any atom is 0.271 e. The van der Waals surface area contributed by atoms with Crippen LogP contribution in [0.25, 0.3) is 0 Å². The Morgan fingerprint density at radius 2 is 2.25 bits per heavy atom. The Morgan fingerprint density at radius 3 is 2.80 bits per heavy atom. The molecule has 9 heteroatoms. The number of amides is 2. The highest BCUT2D eigenvalue weighted by molar-refractivity contribution is 6.34. The topological polar surface area (TPSA) is 127 Å². The van der Waals surface area contributed by atoms with Crippen LogP contribution in [0.3, 0.4) is 0 Å². The molecule has 1 fully saturated rings. The van der Waals surface area contributed by atoms with Crippen molar-refractivity contribution in [2.75, 3.05) is 12.3 Å². The van der Waals surface area contributed by atoms with E-state index in [1.807, 2.05) is 0 Å². The van der Waals surface area contributed by atoms with Gasteiger partial charge >= 0.3 is 0 Å². The van der Waals surface area contributed by atoms with Gasteiger partial charge in [0.15, 0.2) is 0 Å². The first-order chi connectivity index (χ1) is 9.38. The fraction of sp³-hybridized carbons (Fsp3) is 0.273. The average molecular weight is 299 g/mol. The minimum Gasteiger partial charge on any atom is -0.397 e. The predicted molar refractivity (Wildman–Crippen MR) is 71.4 cm³/mol. The van der Waals surface area contributed by atoms with Crippen LogP contribution in [0.5, 0.6) is 0 Å². The van der Waals surface area contributed by atoms with Crippen LogP contribution in [0, 0.1) is 10.1 Å². The normalized spacial score (nSPS) is 17.6. The average Bonchev–Trinajstić information content (AvgIpc) is 2.77. The summed E-state index contributed by atoms with van der Waals surface area (Å²) in [4.78, 5) is 33.2. The molecule has 0 bridgehead atoms. The van der Waals surface area contributed by atoms with Crippen LogP contribution in [0.1, 0.15) is 16.8 Å². The molecule has 1 aromatic rings.